The number of sulfonamides is 1. The molecule has 4 rings (SSSR count). The van der Waals surface area contributed by atoms with Crippen molar-refractivity contribution in [1.82, 2.24) is 19.9 Å². The molecule has 0 radical (unpaired) electrons. The third-order valence-electron chi connectivity index (χ3n) is 7.77. The smallest absolute Gasteiger partial charge is 0.416 e. The zero-order valence-electron chi connectivity index (χ0n) is 27.8. The Morgan fingerprint density at radius 1 is 1.12 bits per heavy atom. The third kappa shape index (κ3) is 10.4. The largest absolute Gasteiger partial charge is 0.466 e. The van der Waals surface area contributed by atoms with Gasteiger partial charge in [0.05, 0.1) is 29.3 Å². The molecule has 264 valence electrons. The Morgan fingerprint density at radius 3 is 2.54 bits per heavy atom. The van der Waals surface area contributed by atoms with E-state index in [9.17, 15) is 27.6 Å². The van der Waals surface area contributed by atoms with Gasteiger partial charge in [-0.25, -0.2) is 18.2 Å². The number of anilines is 1. The first kappa shape index (κ1) is 37.5. The summed E-state index contributed by atoms with van der Waals surface area (Å²) < 4.78 is 37.8. The van der Waals surface area contributed by atoms with Crippen molar-refractivity contribution in [3.8, 4) is 0 Å². The number of thiophene rings is 1. The van der Waals surface area contributed by atoms with Crippen LogP contribution in [0.15, 0.2) is 28.5 Å². The van der Waals surface area contributed by atoms with Crippen molar-refractivity contribution < 1.29 is 37.1 Å². The molecule has 48 heavy (non-hydrogen) atoms. The summed E-state index contributed by atoms with van der Waals surface area (Å²) in [5, 5.41) is 5.57. The fourth-order valence-electron chi connectivity index (χ4n) is 5.31. The molecule has 1 atom stereocenters. The summed E-state index contributed by atoms with van der Waals surface area (Å²) in [5.74, 6) is -1.12. The second kappa shape index (κ2) is 16.4. The van der Waals surface area contributed by atoms with Crippen LogP contribution in [0.2, 0.25) is 4.34 Å². The van der Waals surface area contributed by atoms with Crippen molar-refractivity contribution in [2.45, 2.75) is 88.5 Å². The van der Waals surface area contributed by atoms with E-state index in [1.165, 1.54) is 16.4 Å². The summed E-state index contributed by atoms with van der Waals surface area (Å²) in [5.41, 5.74) is 1.22. The van der Waals surface area contributed by atoms with Crippen molar-refractivity contribution in [3.05, 3.63) is 39.9 Å². The number of hydrogen-bond donors (Lipinski definition) is 2. The number of pyridine rings is 1. The van der Waals surface area contributed by atoms with Gasteiger partial charge in [0, 0.05) is 38.3 Å². The monoisotopic (exact) mass is 725 g/mol. The molecule has 1 saturated heterocycles. The molecule has 0 spiro atoms. The second-order valence-electron chi connectivity index (χ2n) is 12.8. The van der Waals surface area contributed by atoms with Gasteiger partial charge in [-0.15, -0.1) is 11.3 Å². The molecular weight excluding hydrogens is 682 g/mol. The molecule has 2 N–H and O–H groups in total. The lowest BCUT2D eigenvalue weighted by molar-refractivity contribution is -0.144. The number of rotatable bonds is 14. The highest BCUT2D eigenvalue weighted by Gasteiger charge is 2.41. The SMILES string of the molecule is CCOC(=O)CC(CNC(=O)CCCCc1ccc2c(n1)N(C(=O)OC(C)(C)C)CCC2)NC(=O)C1CN(S(=O)(=O)c2ccc(Cl)s2)C1. The molecule has 0 saturated carbocycles. The first-order valence-corrected chi connectivity index (χ1v) is 18.8. The highest BCUT2D eigenvalue weighted by molar-refractivity contribution is 7.91. The van der Waals surface area contributed by atoms with E-state index in [1.807, 2.05) is 32.9 Å². The molecule has 0 aromatic carbocycles. The third-order valence-corrected chi connectivity index (χ3v) is 11.3. The van der Waals surface area contributed by atoms with Crippen molar-refractivity contribution in [2.75, 3.05) is 37.7 Å². The lowest BCUT2D eigenvalue weighted by Crippen LogP contribution is -2.57. The lowest BCUT2D eigenvalue weighted by Gasteiger charge is -2.37. The Balaban J connectivity index is 1.23. The molecule has 4 heterocycles. The number of esters is 1. The van der Waals surface area contributed by atoms with Crippen LogP contribution in [0.3, 0.4) is 0 Å². The molecule has 1 unspecified atom stereocenters. The van der Waals surface area contributed by atoms with Gasteiger partial charge in [-0.1, -0.05) is 17.7 Å². The average molecular weight is 726 g/mol. The van der Waals surface area contributed by atoms with E-state index in [2.05, 4.69) is 10.6 Å². The molecule has 2 aromatic rings. The molecular formula is C32H44ClN5O8S2. The molecule has 16 heteroatoms. The van der Waals surface area contributed by atoms with Crippen LogP contribution in [0.25, 0.3) is 0 Å². The number of ether oxygens (including phenoxy) is 2. The van der Waals surface area contributed by atoms with Gasteiger partial charge in [0.25, 0.3) is 10.0 Å². The van der Waals surface area contributed by atoms with E-state index in [0.717, 1.165) is 35.4 Å². The zero-order chi connectivity index (χ0) is 35.1. The topological polar surface area (TPSA) is 164 Å². The molecule has 2 aliphatic heterocycles. The lowest BCUT2D eigenvalue weighted by atomic mass is 10.0. The molecule has 0 aliphatic carbocycles. The van der Waals surface area contributed by atoms with E-state index in [0.29, 0.717) is 36.0 Å². The Hall–Kier alpha value is -3.27. The van der Waals surface area contributed by atoms with Crippen molar-refractivity contribution >= 4 is 62.7 Å². The normalized spacial score (nSPS) is 16.0. The van der Waals surface area contributed by atoms with Crippen molar-refractivity contribution in [1.29, 1.82) is 0 Å². The maximum Gasteiger partial charge on any atom is 0.416 e. The highest BCUT2D eigenvalue weighted by atomic mass is 35.5. The van der Waals surface area contributed by atoms with Crippen LogP contribution in [-0.4, -0.2) is 86.0 Å². The molecule has 1 fully saturated rings. The molecule has 2 aromatic heterocycles. The van der Waals surface area contributed by atoms with Crippen molar-refractivity contribution in [2.24, 2.45) is 5.92 Å². The highest BCUT2D eigenvalue weighted by Crippen LogP contribution is 2.32. The summed E-state index contributed by atoms with van der Waals surface area (Å²) >= 11 is 6.83. The van der Waals surface area contributed by atoms with Crippen LogP contribution in [0.4, 0.5) is 10.6 Å². The molecule has 2 aliphatic rings. The summed E-state index contributed by atoms with van der Waals surface area (Å²) in [4.78, 5) is 56.9. The Morgan fingerprint density at radius 2 is 1.88 bits per heavy atom. The number of aromatic nitrogens is 1. The van der Waals surface area contributed by atoms with Crippen molar-refractivity contribution in [3.63, 3.8) is 0 Å². The van der Waals surface area contributed by atoms with Crippen LogP contribution < -0.4 is 15.5 Å². The number of amides is 3. The van der Waals surface area contributed by atoms with Gasteiger partial charge in [0.1, 0.15) is 15.6 Å². The van der Waals surface area contributed by atoms with Gasteiger partial charge in [-0.3, -0.25) is 19.3 Å². The minimum atomic E-state index is -3.74. The van der Waals surface area contributed by atoms with Gasteiger partial charge >= 0.3 is 12.1 Å². The van der Waals surface area contributed by atoms with Crippen LogP contribution >= 0.6 is 22.9 Å². The Kier molecular flexibility index (Phi) is 12.8. The molecule has 13 nitrogen and oxygen atoms in total. The van der Waals surface area contributed by atoms with Gasteiger partial charge in [-0.2, -0.15) is 4.31 Å². The number of nitrogens with one attached hydrogen (secondary N) is 2. The minimum absolute atomic E-state index is 0.000281. The van der Waals surface area contributed by atoms with E-state index < -0.39 is 45.6 Å². The number of nitrogens with zero attached hydrogens (tertiary/aromatic N) is 3. The van der Waals surface area contributed by atoms with Crippen LogP contribution in [-0.2, 0) is 46.7 Å². The summed E-state index contributed by atoms with van der Waals surface area (Å²) in [6.45, 7) is 7.89. The van der Waals surface area contributed by atoms with Gasteiger partial charge < -0.3 is 20.1 Å². The fourth-order valence-corrected chi connectivity index (χ4v) is 8.48. The summed E-state index contributed by atoms with van der Waals surface area (Å²) in [6, 6.07) is 6.16. The summed E-state index contributed by atoms with van der Waals surface area (Å²) in [7, 11) is -3.74. The standard InChI is InChI=1S/C32H44ClN5O8S2/c1-5-45-27(40)17-24(36-30(41)22-19-37(20-22)48(43,44)28-15-14-25(33)47-28)18-34-26(39)11-7-6-10-23-13-12-21-9-8-16-38(29(21)35-23)31(42)46-32(2,3)4/h12-15,22,24H,5-11,16-20H2,1-4H3,(H,34,39)(H,36,41). The second-order valence-corrected chi connectivity index (χ2v) is 16.7. The van der Waals surface area contributed by atoms with Crippen LogP contribution in [0.5, 0.6) is 0 Å². The van der Waals surface area contributed by atoms with E-state index in [4.69, 9.17) is 26.1 Å². The number of unbranched alkanes of at least 4 members (excludes halogenated alkanes) is 1. The zero-order valence-corrected chi connectivity index (χ0v) is 30.1. The first-order valence-electron chi connectivity index (χ1n) is 16.1. The summed E-state index contributed by atoms with van der Waals surface area (Å²) in [6.07, 6.45) is 3.24. The number of fused-ring (bicyclic) bond motifs is 1. The minimum Gasteiger partial charge on any atom is -0.466 e. The number of hydrogen-bond acceptors (Lipinski definition) is 10. The van der Waals surface area contributed by atoms with Gasteiger partial charge in [-0.05, 0) is 83.6 Å². The number of carbonyl (C=O) groups excluding carboxylic acids is 4. The quantitative estimate of drug-likeness (QED) is 0.216. The number of halogens is 1. The predicted octanol–water partition coefficient (Wildman–Crippen LogP) is 4.07. The predicted molar refractivity (Wildman–Crippen MR) is 181 cm³/mol. The van der Waals surface area contributed by atoms with Gasteiger partial charge in [0.2, 0.25) is 11.8 Å². The average Bonchev–Trinajstić information content (AvgIpc) is 3.43. The number of carbonyl (C=O) groups is 4. The molecule has 3 amide bonds. The van der Waals surface area contributed by atoms with Crippen LogP contribution in [0, 0.1) is 5.92 Å². The molecule has 0 bridgehead atoms. The van der Waals surface area contributed by atoms with E-state index in [1.54, 1.807) is 11.8 Å². The first-order chi connectivity index (χ1) is 22.7. The van der Waals surface area contributed by atoms with Gasteiger partial charge in [0.15, 0.2) is 0 Å². The van der Waals surface area contributed by atoms with Crippen LogP contribution in [0.1, 0.15) is 71.1 Å². The maximum absolute atomic E-state index is 12.9. The van der Waals surface area contributed by atoms with E-state index >= 15 is 0 Å². The van der Waals surface area contributed by atoms with E-state index in [-0.39, 0.29) is 49.2 Å². The number of aryl methyl sites for hydroxylation is 2. The fraction of sp³-hybridized carbons (Fsp3) is 0.594. The maximum atomic E-state index is 12.9. The Bertz CT molecular complexity index is 1590. The Labute approximate surface area is 290 Å².